The average Bonchev–Trinajstić information content (AvgIpc) is 3.08. The Morgan fingerprint density at radius 1 is 0.920 bits per heavy atom. The molecule has 0 aliphatic rings. The van der Waals surface area contributed by atoms with E-state index in [0.29, 0.717) is 5.75 Å². The molecule has 3 aromatic rings. The van der Waals surface area contributed by atoms with Crippen LogP contribution in [0.25, 0.3) is 0 Å². The molecular weight excluding hydrogens is 396 g/mol. The van der Waals surface area contributed by atoms with Crippen molar-refractivity contribution in [2.75, 3.05) is 0 Å². The highest BCUT2D eigenvalue weighted by molar-refractivity contribution is 8.02. The standard InChI is InChI=1S/C17H13ClN2O2S3/c18-14-7-3-12(4-8-14)10-24-17-20-19-16(25-17)23-9-11-1-5-13(6-2-11)15(21)22/h1-8H,9-10H2,(H,21,22)/p-1. The third kappa shape index (κ3) is 5.47. The second-order valence-electron chi connectivity index (χ2n) is 5.02. The fourth-order valence-corrected chi connectivity index (χ4v) is 4.98. The number of rotatable bonds is 7. The maximum Gasteiger partial charge on any atom is 0.175 e. The Morgan fingerprint density at radius 3 is 1.88 bits per heavy atom. The van der Waals surface area contributed by atoms with Gasteiger partial charge in [-0.05, 0) is 28.8 Å². The molecule has 128 valence electrons. The summed E-state index contributed by atoms with van der Waals surface area (Å²) >= 11 is 10.7. The summed E-state index contributed by atoms with van der Waals surface area (Å²) in [7, 11) is 0. The van der Waals surface area contributed by atoms with Crippen molar-refractivity contribution in [1.82, 2.24) is 10.2 Å². The fourth-order valence-electron chi connectivity index (χ4n) is 1.92. The molecule has 2 aromatic carbocycles. The number of aromatic nitrogens is 2. The van der Waals surface area contributed by atoms with Gasteiger partial charge in [-0.2, -0.15) is 0 Å². The SMILES string of the molecule is O=C([O-])c1ccc(CSc2nnc(SCc3ccc(Cl)cc3)s2)cc1. The third-order valence-corrected chi connectivity index (χ3v) is 6.80. The largest absolute Gasteiger partial charge is 0.545 e. The van der Waals surface area contributed by atoms with Gasteiger partial charge in [-0.1, -0.05) is 82.9 Å². The highest BCUT2D eigenvalue weighted by Crippen LogP contribution is 2.32. The van der Waals surface area contributed by atoms with Crippen LogP contribution in [-0.4, -0.2) is 16.2 Å². The molecule has 0 saturated heterocycles. The first-order valence-electron chi connectivity index (χ1n) is 7.24. The molecule has 3 rings (SSSR count). The molecule has 0 bridgehead atoms. The van der Waals surface area contributed by atoms with Crippen LogP contribution in [0.1, 0.15) is 21.5 Å². The topological polar surface area (TPSA) is 65.9 Å². The number of halogens is 1. The van der Waals surface area contributed by atoms with Gasteiger partial charge in [-0.3, -0.25) is 0 Å². The van der Waals surface area contributed by atoms with Crippen LogP contribution in [0, 0.1) is 0 Å². The monoisotopic (exact) mass is 407 g/mol. The zero-order valence-corrected chi connectivity index (χ0v) is 16.1. The van der Waals surface area contributed by atoms with Gasteiger partial charge in [-0.15, -0.1) is 10.2 Å². The molecule has 0 radical (unpaired) electrons. The number of hydrogen-bond donors (Lipinski definition) is 0. The number of carboxylic acids is 1. The lowest BCUT2D eigenvalue weighted by Gasteiger charge is -2.03. The predicted molar refractivity (Wildman–Crippen MR) is 101 cm³/mol. The van der Waals surface area contributed by atoms with E-state index in [1.54, 1.807) is 59.1 Å². The molecule has 0 fully saturated rings. The van der Waals surface area contributed by atoms with Crippen LogP contribution in [0.3, 0.4) is 0 Å². The fraction of sp³-hybridized carbons (Fsp3) is 0.118. The van der Waals surface area contributed by atoms with Gasteiger partial charge in [0.15, 0.2) is 8.68 Å². The molecule has 4 nitrogen and oxygen atoms in total. The number of benzene rings is 2. The summed E-state index contributed by atoms with van der Waals surface area (Å²) < 4.78 is 1.81. The molecule has 25 heavy (non-hydrogen) atoms. The van der Waals surface area contributed by atoms with Crippen LogP contribution in [-0.2, 0) is 11.5 Å². The third-order valence-electron chi connectivity index (χ3n) is 3.22. The first kappa shape index (κ1) is 18.3. The van der Waals surface area contributed by atoms with Gasteiger partial charge in [0.25, 0.3) is 0 Å². The Bertz CT molecular complexity index is 851. The lowest BCUT2D eigenvalue weighted by Crippen LogP contribution is -2.21. The van der Waals surface area contributed by atoms with Gasteiger partial charge in [0, 0.05) is 16.5 Å². The number of carbonyl (C=O) groups is 1. The molecule has 0 spiro atoms. The van der Waals surface area contributed by atoms with Crippen molar-refractivity contribution >= 4 is 52.4 Å². The summed E-state index contributed by atoms with van der Waals surface area (Å²) in [5, 5.41) is 19.9. The lowest BCUT2D eigenvalue weighted by atomic mass is 10.1. The summed E-state index contributed by atoms with van der Waals surface area (Å²) in [4.78, 5) is 10.7. The first-order valence-corrected chi connectivity index (χ1v) is 10.4. The highest BCUT2D eigenvalue weighted by atomic mass is 35.5. The molecule has 1 heterocycles. The number of aromatic carboxylic acids is 1. The molecule has 8 heteroatoms. The average molecular weight is 408 g/mol. The molecule has 0 aliphatic carbocycles. The normalized spacial score (nSPS) is 10.8. The second kappa shape index (κ2) is 8.71. The molecule has 0 N–H and O–H groups in total. The van der Waals surface area contributed by atoms with E-state index in [1.165, 1.54) is 5.56 Å². The number of thioether (sulfide) groups is 2. The van der Waals surface area contributed by atoms with E-state index in [-0.39, 0.29) is 5.56 Å². The summed E-state index contributed by atoms with van der Waals surface area (Å²) in [6, 6.07) is 14.4. The minimum Gasteiger partial charge on any atom is -0.545 e. The minimum atomic E-state index is -1.16. The van der Waals surface area contributed by atoms with Crippen LogP contribution in [0.4, 0.5) is 0 Å². The molecule has 0 atom stereocenters. The first-order chi connectivity index (χ1) is 12.1. The highest BCUT2D eigenvalue weighted by Gasteiger charge is 2.07. The summed E-state index contributed by atoms with van der Waals surface area (Å²) in [5.41, 5.74) is 2.40. The number of carboxylic acid groups (broad SMARTS) is 1. The van der Waals surface area contributed by atoms with Crippen molar-refractivity contribution in [3.8, 4) is 0 Å². The smallest absolute Gasteiger partial charge is 0.175 e. The van der Waals surface area contributed by atoms with Gasteiger partial charge in [0.1, 0.15) is 0 Å². The van der Waals surface area contributed by atoms with Crippen LogP contribution in [0.2, 0.25) is 5.02 Å². The number of nitrogens with zero attached hydrogens (tertiary/aromatic N) is 2. The minimum absolute atomic E-state index is 0.186. The second-order valence-corrected chi connectivity index (χ2v) is 8.88. The van der Waals surface area contributed by atoms with Crippen LogP contribution < -0.4 is 5.11 Å². The summed E-state index contributed by atoms with van der Waals surface area (Å²) in [6.45, 7) is 0. The Kier molecular flexibility index (Phi) is 6.36. The molecule has 0 unspecified atom stereocenters. The van der Waals surface area contributed by atoms with Gasteiger partial charge in [-0.25, -0.2) is 0 Å². The number of hydrogen-bond acceptors (Lipinski definition) is 7. The van der Waals surface area contributed by atoms with E-state index in [9.17, 15) is 9.90 Å². The van der Waals surface area contributed by atoms with Gasteiger partial charge in [0.2, 0.25) is 0 Å². The molecular formula is C17H12ClN2O2S3-. The number of carbonyl (C=O) groups excluding carboxylic acids is 1. The van der Waals surface area contributed by atoms with E-state index in [1.807, 2.05) is 24.3 Å². The van der Waals surface area contributed by atoms with Crippen molar-refractivity contribution in [3.63, 3.8) is 0 Å². The Morgan fingerprint density at radius 2 is 1.40 bits per heavy atom. The molecule has 0 aliphatic heterocycles. The summed E-state index contributed by atoms with van der Waals surface area (Å²) in [6.07, 6.45) is 0. The summed E-state index contributed by atoms with van der Waals surface area (Å²) in [5.74, 6) is 0.371. The zero-order valence-electron chi connectivity index (χ0n) is 12.8. The van der Waals surface area contributed by atoms with E-state index in [2.05, 4.69) is 10.2 Å². The maximum absolute atomic E-state index is 10.7. The molecule has 0 saturated carbocycles. The van der Waals surface area contributed by atoms with Crippen molar-refractivity contribution < 1.29 is 9.90 Å². The van der Waals surface area contributed by atoms with Crippen LogP contribution in [0.15, 0.2) is 57.2 Å². The van der Waals surface area contributed by atoms with Crippen molar-refractivity contribution in [3.05, 3.63) is 70.2 Å². The van der Waals surface area contributed by atoms with Crippen LogP contribution in [0.5, 0.6) is 0 Å². The van der Waals surface area contributed by atoms with Crippen molar-refractivity contribution in [2.24, 2.45) is 0 Å². The Labute approximate surface area is 162 Å². The zero-order chi connectivity index (χ0) is 17.6. The Balaban J connectivity index is 1.51. The van der Waals surface area contributed by atoms with E-state index >= 15 is 0 Å². The lowest BCUT2D eigenvalue weighted by molar-refractivity contribution is -0.255. The van der Waals surface area contributed by atoms with Crippen molar-refractivity contribution in [2.45, 2.75) is 20.2 Å². The maximum atomic E-state index is 10.7. The van der Waals surface area contributed by atoms with E-state index in [4.69, 9.17) is 11.6 Å². The Hall–Kier alpha value is -1.54. The van der Waals surface area contributed by atoms with E-state index in [0.717, 1.165) is 25.0 Å². The van der Waals surface area contributed by atoms with Gasteiger partial charge in [0.05, 0.1) is 5.97 Å². The molecule has 0 amide bonds. The van der Waals surface area contributed by atoms with Gasteiger partial charge >= 0.3 is 0 Å². The van der Waals surface area contributed by atoms with Crippen molar-refractivity contribution in [1.29, 1.82) is 0 Å². The predicted octanol–water partition coefficient (Wildman–Crippen LogP) is 4.14. The molecule has 1 aromatic heterocycles. The quantitative estimate of drug-likeness (QED) is 0.548. The van der Waals surface area contributed by atoms with Crippen LogP contribution >= 0.6 is 46.5 Å². The van der Waals surface area contributed by atoms with E-state index < -0.39 is 5.97 Å². The van der Waals surface area contributed by atoms with Gasteiger partial charge < -0.3 is 9.90 Å².